The molecule has 0 bridgehead atoms. The van der Waals surface area contributed by atoms with Crippen LogP contribution >= 0.6 is 0 Å². The number of aromatic nitrogens is 3. The predicted molar refractivity (Wildman–Crippen MR) is 84.1 cm³/mol. The van der Waals surface area contributed by atoms with E-state index in [4.69, 9.17) is 0 Å². The first kappa shape index (κ1) is 14.3. The van der Waals surface area contributed by atoms with Crippen LogP contribution in [-0.4, -0.2) is 26.2 Å². The van der Waals surface area contributed by atoms with Crippen LogP contribution in [0, 0.1) is 0 Å². The van der Waals surface area contributed by atoms with Gasteiger partial charge >= 0.3 is 0 Å². The Morgan fingerprint density at radius 3 is 2.68 bits per heavy atom. The zero-order chi connectivity index (χ0) is 15.5. The van der Waals surface area contributed by atoms with Crippen molar-refractivity contribution in [1.29, 1.82) is 0 Å². The molecule has 0 amide bonds. The third-order valence-corrected chi connectivity index (χ3v) is 3.81. The molecule has 1 aromatic carbocycles. The molecule has 2 aromatic heterocycles. The standard InChI is InChI=1S/C17H17N3O2/c1-2-20-17-14(10-18-20)16(22)13(15(11-21)19-17)9-8-12-6-4-3-5-7-12/h3-7,10-11H,2,8-9H2,1H3,(H,19,22). The lowest BCUT2D eigenvalue weighted by Crippen LogP contribution is -2.04. The van der Waals surface area contributed by atoms with Crippen molar-refractivity contribution in [3.8, 4) is 5.75 Å². The fraction of sp³-hybridized carbons (Fsp3) is 0.235. The lowest BCUT2D eigenvalue weighted by atomic mass is 10.0. The maximum atomic E-state index is 11.4. The summed E-state index contributed by atoms with van der Waals surface area (Å²) in [6.07, 6.45) is 3.60. The van der Waals surface area contributed by atoms with E-state index in [1.165, 1.54) is 0 Å². The summed E-state index contributed by atoms with van der Waals surface area (Å²) < 4.78 is 1.67. The van der Waals surface area contributed by atoms with Gasteiger partial charge in [0.1, 0.15) is 11.4 Å². The normalized spacial score (nSPS) is 11.0. The number of hydrogen-bond acceptors (Lipinski definition) is 4. The van der Waals surface area contributed by atoms with E-state index >= 15 is 0 Å². The Bertz CT molecular complexity index is 810. The number of aryl methyl sites for hydroxylation is 2. The van der Waals surface area contributed by atoms with Gasteiger partial charge < -0.3 is 5.11 Å². The molecule has 0 atom stereocenters. The summed E-state index contributed by atoms with van der Waals surface area (Å²) in [6.45, 7) is 2.58. The lowest BCUT2D eigenvalue weighted by Gasteiger charge is -2.09. The van der Waals surface area contributed by atoms with Gasteiger partial charge in [0, 0.05) is 12.1 Å². The van der Waals surface area contributed by atoms with E-state index in [2.05, 4.69) is 10.1 Å². The molecule has 1 N–H and O–H groups in total. The molecular weight excluding hydrogens is 278 g/mol. The van der Waals surface area contributed by atoms with Crippen LogP contribution in [0.4, 0.5) is 0 Å². The third-order valence-electron chi connectivity index (χ3n) is 3.81. The summed E-state index contributed by atoms with van der Waals surface area (Å²) in [5, 5.41) is 15.3. The van der Waals surface area contributed by atoms with Gasteiger partial charge in [-0.3, -0.25) is 4.79 Å². The zero-order valence-corrected chi connectivity index (χ0v) is 12.4. The zero-order valence-electron chi connectivity index (χ0n) is 12.4. The van der Waals surface area contributed by atoms with Crippen LogP contribution in [0.1, 0.15) is 28.5 Å². The number of hydrogen-bond donors (Lipinski definition) is 1. The van der Waals surface area contributed by atoms with Gasteiger partial charge in [-0.25, -0.2) is 9.67 Å². The summed E-state index contributed by atoms with van der Waals surface area (Å²) >= 11 is 0. The number of fused-ring (bicyclic) bond motifs is 1. The quantitative estimate of drug-likeness (QED) is 0.735. The first-order valence-electron chi connectivity index (χ1n) is 7.31. The highest BCUT2D eigenvalue weighted by atomic mass is 16.3. The van der Waals surface area contributed by atoms with Crippen molar-refractivity contribution >= 4 is 17.3 Å². The van der Waals surface area contributed by atoms with Crippen LogP contribution in [0.15, 0.2) is 36.5 Å². The first-order chi connectivity index (χ1) is 10.7. The van der Waals surface area contributed by atoms with Crippen LogP contribution in [0.3, 0.4) is 0 Å². The van der Waals surface area contributed by atoms with Crippen LogP contribution in [-0.2, 0) is 19.4 Å². The van der Waals surface area contributed by atoms with Gasteiger partial charge in [0.25, 0.3) is 0 Å². The van der Waals surface area contributed by atoms with Gasteiger partial charge in [-0.05, 0) is 25.3 Å². The first-order valence-corrected chi connectivity index (χ1v) is 7.31. The van der Waals surface area contributed by atoms with Crippen molar-refractivity contribution in [2.75, 3.05) is 0 Å². The van der Waals surface area contributed by atoms with Crippen LogP contribution < -0.4 is 0 Å². The average molecular weight is 295 g/mol. The minimum absolute atomic E-state index is 0.114. The minimum atomic E-state index is 0.114. The molecule has 112 valence electrons. The molecule has 22 heavy (non-hydrogen) atoms. The molecule has 0 saturated carbocycles. The van der Waals surface area contributed by atoms with E-state index in [1.807, 2.05) is 37.3 Å². The van der Waals surface area contributed by atoms with E-state index < -0.39 is 0 Å². The largest absolute Gasteiger partial charge is 0.507 e. The monoisotopic (exact) mass is 295 g/mol. The minimum Gasteiger partial charge on any atom is -0.507 e. The van der Waals surface area contributed by atoms with Crippen molar-refractivity contribution in [2.24, 2.45) is 0 Å². The number of carbonyl (C=O) groups excluding carboxylic acids is 1. The summed E-state index contributed by atoms with van der Waals surface area (Å²) in [5.41, 5.74) is 2.58. The highest BCUT2D eigenvalue weighted by molar-refractivity contribution is 5.89. The Labute approximate surface area is 128 Å². The fourth-order valence-corrected chi connectivity index (χ4v) is 2.62. The van der Waals surface area contributed by atoms with Crippen molar-refractivity contribution in [3.05, 3.63) is 53.3 Å². The van der Waals surface area contributed by atoms with Crippen molar-refractivity contribution < 1.29 is 9.90 Å². The molecule has 0 radical (unpaired) electrons. The van der Waals surface area contributed by atoms with Crippen LogP contribution in [0.2, 0.25) is 0 Å². The number of aldehydes is 1. The highest BCUT2D eigenvalue weighted by Gasteiger charge is 2.17. The predicted octanol–water partition coefficient (Wildman–Crippen LogP) is 2.75. The molecule has 0 saturated heterocycles. The fourth-order valence-electron chi connectivity index (χ4n) is 2.62. The van der Waals surface area contributed by atoms with Gasteiger partial charge in [-0.15, -0.1) is 0 Å². The second kappa shape index (κ2) is 5.97. The lowest BCUT2D eigenvalue weighted by molar-refractivity contribution is 0.111. The Morgan fingerprint density at radius 2 is 2.00 bits per heavy atom. The summed E-state index contributed by atoms with van der Waals surface area (Å²) in [5.74, 6) is 0.114. The maximum Gasteiger partial charge on any atom is 0.168 e. The number of nitrogens with zero attached hydrogens (tertiary/aromatic N) is 3. The topological polar surface area (TPSA) is 68.0 Å². The van der Waals surface area contributed by atoms with Gasteiger partial charge in [-0.1, -0.05) is 30.3 Å². The van der Waals surface area contributed by atoms with E-state index in [0.29, 0.717) is 35.8 Å². The summed E-state index contributed by atoms with van der Waals surface area (Å²) in [4.78, 5) is 15.7. The number of carbonyl (C=O) groups is 1. The van der Waals surface area contributed by atoms with Crippen molar-refractivity contribution in [2.45, 2.75) is 26.3 Å². The van der Waals surface area contributed by atoms with E-state index in [0.717, 1.165) is 12.0 Å². The Kier molecular flexibility index (Phi) is 3.87. The second-order valence-corrected chi connectivity index (χ2v) is 5.13. The second-order valence-electron chi connectivity index (χ2n) is 5.13. The average Bonchev–Trinajstić information content (AvgIpc) is 2.98. The Morgan fingerprint density at radius 1 is 1.23 bits per heavy atom. The van der Waals surface area contributed by atoms with Gasteiger partial charge in [-0.2, -0.15) is 5.10 Å². The molecule has 5 nitrogen and oxygen atoms in total. The van der Waals surface area contributed by atoms with Gasteiger partial charge in [0.2, 0.25) is 0 Å². The van der Waals surface area contributed by atoms with E-state index in [-0.39, 0.29) is 11.4 Å². The molecule has 2 heterocycles. The molecule has 5 heteroatoms. The maximum absolute atomic E-state index is 11.4. The molecule has 3 rings (SSSR count). The van der Waals surface area contributed by atoms with Crippen molar-refractivity contribution in [1.82, 2.24) is 14.8 Å². The molecule has 0 aliphatic rings. The third kappa shape index (κ3) is 2.45. The van der Waals surface area contributed by atoms with Gasteiger partial charge in [0.15, 0.2) is 11.9 Å². The number of benzene rings is 1. The smallest absolute Gasteiger partial charge is 0.168 e. The molecular formula is C17H17N3O2. The SMILES string of the molecule is CCn1ncc2c(O)c(CCc3ccccc3)c(C=O)nc21. The molecule has 0 aliphatic heterocycles. The molecule has 0 fully saturated rings. The van der Waals surface area contributed by atoms with Crippen molar-refractivity contribution in [3.63, 3.8) is 0 Å². The number of pyridine rings is 1. The summed E-state index contributed by atoms with van der Waals surface area (Å²) in [6, 6.07) is 9.97. The number of aromatic hydroxyl groups is 1. The molecule has 0 unspecified atom stereocenters. The highest BCUT2D eigenvalue weighted by Crippen LogP contribution is 2.30. The molecule has 0 spiro atoms. The number of rotatable bonds is 5. The van der Waals surface area contributed by atoms with Gasteiger partial charge in [0.05, 0.1) is 11.6 Å². The van der Waals surface area contributed by atoms with E-state index in [1.54, 1.807) is 10.9 Å². The van der Waals surface area contributed by atoms with E-state index in [9.17, 15) is 9.90 Å². The molecule has 3 aromatic rings. The van der Waals surface area contributed by atoms with Crippen LogP contribution in [0.25, 0.3) is 11.0 Å². The summed E-state index contributed by atoms with van der Waals surface area (Å²) in [7, 11) is 0. The molecule has 0 aliphatic carbocycles. The Hall–Kier alpha value is -2.69. The van der Waals surface area contributed by atoms with Crippen LogP contribution in [0.5, 0.6) is 5.75 Å². The Balaban J connectivity index is 2.01.